The summed E-state index contributed by atoms with van der Waals surface area (Å²) in [6, 6.07) is 0. The maximum Gasteiger partial charge on any atom is 0.225 e. The average Bonchev–Trinajstić information content (AvgIpc) is 2.40. The predicted octanol–water partition coefficient (Wildman–Crippen LogP) is 2.16. The van der Waals surface area contributed by atoms with Crippen molar-refractivity contribution in [1.29, 1.82) is 0 Å². The smallest absolute Gasteiger partial charge is 0.225 e. The number of rotatable bonds is 3. The quantitative estimate of drug-likeness (QED) is 0.839. The molecule has 0 spiro atoms. The van der Waals surface area contributed by atoms with Crippen LogP contribution in [0.1, 0.15) is 19.8 Å². The zero-order chi connectivity index (χ0) is 13.9. The number of nitrogens with zero attached hydrogens (tertiary/aromatic N) is 3. The fourth-order valence-corrected chi connectivity index (χ4v) is 3.85. The van der Waals surface area contributed by atoms with Crippen LogP contribution in [0.15, 0.2) is 28.4 Å². The summed E-state index contributed by atoms with van der Waals surface area (Å²) < 4.78 is 24.9. The summed E-state index contributed by atoms with van der Waals surface area (Å²) in [4.78, 5) is 10.4. The van der Waals surface area contributed by atoms with Crippen LogP contribution in [-0.4, -0.2) is 36.7 Å². The van der Waals surface area contributed by atoms with E-state index in [1.54, 1.807) is 25.4 Å². The van der Waals surface area contributed by atoms with Crippen LogP contribution >= 0.6 is 15.9 Å². The molecule has 2 rings (SSSR count). The first kappa shape index (κ1) is 14.5. The normalized spacial score (nSPS) is 20.9. The van der Waals surface area contributed by atoms with E-state index in [4.69, 9.17) is 0 Å². The van der Waals surface area contributed by atoms with Gasteiger partial charge in [-0.05, 0) is 35.7 Å². The lowest BCUT2D eigenvalue weighted by atomic mass is 10.1. The molecule has 7 heteroatoms. The predicted molar refractivity (Wildman–Crippen MR) is 78.7 cm³/mol. The number of allylic oxidation sites excluding steroid dienone is 1. The number of hydrogen-bond donors (Lipinski definition) is 0. The van der Waals surface area contributed by atoms with Crippen molar-refractivity contribution < 1.29 is 8.42 Å². The van der Waals surface area contributed by atoms with Crippen LogP contribution in [0.25, 0.3) is 0 Å². The van der Waals surface area contributed by atoms with Gasteiger partial charge in [-0.1, -0.05) is 6.08 Å². The second kappa shape index (κ2) is 6.00. The average molecular weight is 346 g/mol. The van der Waals surface area contributed by atoms with E-state index >= 15 is 0 Å². The van der Waals surface area contributed by atoms with E-state index in [1.165, 1.54) is 5.41 Å². The molecule has 0 aliphatic carbocycles. The molecule has 0 aromatic carbocycles. The van der Waals surface area contributed by atoms with E-state index in [-0.39, 0.29) is 5.25 Å². The lowest BCUT2D eigenvalue weighted by Gasteiger charge is -2.31. The largest absolute Gasteiger partial charge is 0.340 e. The molecule has 0 N–H and O–H groups in total. The molecule has 1 aromatic heterocycles. The number of sulfone groups is 1. The molecule has 2 heterocycles. The van der Waals surface area contributed by atoms with E-state index in [2.05, 4.69) is 25.9 Å². The van der Waals surface area contributed by atoms with Gasteiger partial charge in [0, 0.05) is 30.9 Å². The van der Waals surface area contributed by atoms with Crippen molar-refractivity contribution in [1.82, 2.24) is 9.97 Å². The Morgan fingerprint density at radius 3 is 2.74 bits per heavy atom. The molecule has 1 aliphatic rings. The number of hydrogen-bond acceptors (Lipinski definition) is 5. The van der Waals surface area contributed by atoms with Gasteiger partial charge in [0.1, 0.15) is 0 Å². The van der Waals surface area contributed by atoms with Gasteiger partial charge in [-0.2, -0.15) is 0 Å². The van der Waals surface area contributed by atoms with Crippen molar-refractivity contribution >= 4 is 31.7 Å². The molecule has 1 unspecified atom stereocenters. The molecular formula is C12H16BrN3O2S. The van der Waals surface area contributed by atoms with Gasteiger partial charge >= 0.3 is 0 Å². The van der Waals surface area contributed by atoms with Crippen molar-refractivity contribution in [2.45, 2.75) is 25.0 Å². The molecule has 1 aromatic rings. The highest BCUT2D eigenvalue weighted by Gasteiger charge is 2.29. The van der Waals surface area contributed by atoms with Gasteiger partial charge in [0.15, 0.2) is 9.84 Å². The highest BCUT2D eigenvalue weighted by atomic mass is 79.9. The Bertz CT molecular complexity index is 557. The van der Waals surface area contributed by atoms with Crippen LogP contribution in [0, 0.1) is 0 Å². The van der Waals surface area contributed by atoms with Gasteiger partial charge in [0.2, 0.25) is 5.95 Å². The van der Waals surface area contributed by atoms with Crippen molar-refractivity contribution in [3.05, 3.63) is 28.4 Å². The van der Waals surface area contributed by atoms with Crippen LogP contribution in [0.5, 0.6) is 0 Å². The Morgan fingerprint density at radius 1 is 1.42 bits per heavy atom. The fourth-order valence-electron chi connectivity index (χ4n) is 2.16. The Morgan fingerprint density at radius 2 is 2.11 bits per heavy atom. The van der Waals surface area contributed by atoms with Crippen LogP contribution in [-0.2, 0) is 9.84 Å². The van der Waals surface area contributed by atoms with Gasteiger partial charge in [0.05, 0.1) is 9.72 Å². The second-order valence-corrected chi connectivity index (χ2v) is 7.50. The third-order valence-corrected chi connectivity index (χ3v) is 5.43. The Labute approximate surface area is 121 Å². The molecule has 1 atom stereocenters. The highest BCUT2D eigenvalue weighted by Crippen LogP contribution is 2.22. The number of piperidine rings is 1. The van der Waals surface area contributed by atoms with Gasteiger partial charge in [-0.15, -0.1) is 0 Å². The summed E-state index contributed by atoms with van der Waals surface area (Å²) in [5.41, 5.74) is 0. The van der Waals surface area contributed by atoms with Gasteiger partial charge in [0.25, 0.3) is 0 Å². The third kappa shape index (κ3) is 3.54. The molecule has 0 radical (unpaired) electrons. The van der Waals surface area contributed by atoms with Gasteiger partial charge < -0.3 is 4.90 Å². The number of anilines is 1. The van der Waals surface area contributed by atoms with Crippen LogP contribution in [0.2, 0.25) is 0 Å². The number of aromatic nitrogens is 2. The van der Waals surface area contributed by atoms with E-state index in [9.17, 15) is 8.42 Å². The van der Waals surface area contributed by atoms with E-state index < -0.39 is 9.84 Å². The lowest BCUT2D eigenvalue weighted by molar-refractivity contribution is 0.533. The molecule has 0 bridgehead atoms. The zero-order valence-corrected chi connectivity index (χ0v) is 13.1. The molecule has 19 heavy (non-hydrogen) atoms. The molecule has 1 saturated heterocycles. The minimum absolute atomic E-state index is 0.371. The summed E-state index contributed by atoms with van der Waals surface area (Å²) in [6.45, 7) is 2.97. The monoisotopic (exact) mass is 345 g/mol. The fraction of sp³-hybridized carbons (Fsp3) is 0.500. The maximum atomic E-state index is 12.1. The molecule has 0 saturated carbocycles. The molecule has 1 aliphatic heterocycles. The van der Waals surface area contributed by atoms with Gasteiger partial charge in [-0.3, -0.25) is 0 Å². The zero-order valence-electron chi connectivity index (χ0n) is 10.7. The minimum Gasteiger partial charge on any atom is -0.340 e. The summed E-state index contributed by atoms with van der Waals surface area (Å²) >= 11 is 3.29. The maximum absolute atomic E-state index is 12.1. The van der Waals surface area contributed by atoms with E-state index in [1.807, 2.05) is 4.90 Å². The first-order valence-electron chi connectivity index (χ1n) is 6.12. The third-order valence-electron chi connectivity index (χ3n) is 3.06. The summed E-state index contributed by atoms with van der Waals surface area (Å²) in [5.74, 6) is 0.587. The van der Waals surface area contributed by atoms with Gasteiger partial charge in [-0.25, -0.2) is 18.4 Å². The number of halogens is 1. The topological polar surface area (TPSA) is 63.2 Å². The molecular weight excluding hydrogens is 330 g/mol. The molecule has 0 amide bonds. The van der Waals surface area contributed by atoms with E-state index in [0.29, 0.717) is 18.9 Å². The SMILES string of the molecule is C/C=C/S(=O)(=O)C1CCCN(c2ncc(Br)cn2)C1. The standard InChI is InChI=1S/C12H16BrN3O2S/c1-2-6-19(17,18)11-4-3-5-16(9-11)12-14-7-10(13)8-15-12/h2,6-8,11H,3-5,9H2,1H3/b6-2+. The van der Waals surface area contributed by atoms with E-state index in [0.717, 1.165) is 17.4 Å². The summed E-state index contributed by atoms with van der Waals surface area (Å²) in [7, 11) is -3.17. The van der Waals surface area contributed by atoms with Crippen molar-refractivity contribution in [2.75, 3.05) is 18.0 Å². The van der Waals surface area contributed by atoms with Crippen LogP contribution in [0.3, 0.4) is 0 Å². The first-order valence-corrected chi connectivity index (χ1v) is 8.52. The lowest BCUT2D eigenvalue weighted by Crippen LogP contribution is -2.42. The van der Waals surface area contributed by atoms with Crippen LogP contribution < -0.4 is 4.90 Å². The Kier molecular flexibility index (Phi) is 4.57. The highest BCUT2D eigenvalue weighted by molar-refractivity contribution is 9.10. The van der Waals surface area contributed by atoms with Crippen molar-refractivity contribution in [3.63, 3.8) is 0 Å². The van der Waals surface area contributed by atoms with Crippen LogP contribution in [0.4, 0.5) is 5.95 Å². The molecule has 104 valence electrons. The summed E-state index contributed by atoms with van der Waals surface area (Å²) in [5, 5.41) is 0.925. The van der Waals surface area contributed by atoms with Crippen molar-refractivity contribution in [3.8, 4) is 0 Å². The summed E-state index contributed by atoms with van der Waals surface area (Å²) in [6.07, 6.45) is 6.45. The Hall–Kier alpha value is -0.950. The molecule has 1 fully saturated rings. The Balaban J connectivity index is 2.15. The second-order valence-electron chi connectivity index (χ2n) is 4.47. The minimum atomic E-state index is -3.17. The molecule has 5 nitrogen and oxygen atoms in total. The van der Waals surface area contributed by atoms with Crippen molar-refractivity contribution in [2.24, 2.45) is 0 Å². The first-order chi connectivity index (χ1) is 9.03.